The average molecular weight is 238 g/mol. The van der Waals surface area contributed by atoms with Gasteiger partial charge in [-0.05, 0) is 12.5 Å². The zero-order valence-corrected chi connectivity index (χ0v) is 9.64. The van der Waals surface area contributed by atoms with E-state index >= 15 is 0 Å². The van der Waals surface area contributed by atoms with Crippen molar-refractivity contribution < 1.29 is 14.7 Å². The summed E-state index contributed by atoms with van der Waals surface area (Å²) < 4.78 is 0. The van der Waals surface area contributed by atoms with Crippen molar-refractivity contribution in [3.05, 3.63) is 34.2 Å². The van der Waals surface area contributed by atoms with Gasteiger partial charge < -0.3 is 15.0 Å². The molecule has 1 unspecified atom stereocenters. The zero-order chi connectivity index (χ0) is 13.0. The maximum absolute atomic E-state index is 11.9. The lowest BCUT2D eigenvalue weighted by Gasteiger charge is -2.23. The summed E-state index contributed by atoms with van der Waals surface area (Å²) in [5.41, 5.74) is -0.219. The topological polar surface area (TPSA) is 90.5 Å². The van der Waals surface area contributed by atoms with Crippen LogP contribution in [0, 0.1) is 0 Å². The first-order valence-corrected chi connectivity index (χ1v) is 5.16. The molecule has 0 fully saturated rings. The van der Waals surface area contributed by atoms with Crippen LogP contribution < -0.4 is 5.56 Å². The van der Waals surface area contributed by atoms with Gasteiger partial charge in [0.15, 0.2) is 0 Å². The summed E-state index contributed by atoms with van der Waals surface area (Å²) in [6, 6.07) is 1.70. The first-order chi connectivity index (χ1) is 7.97. The fourth-order valence-corrected chi connectivity index (χ4v) is 1.54. The number of aromatic nitrogens is 1. The number of pyridine rings is 1. The van der Waals surface area contributed by atoms with Crippen LogP contribution >= 0.6 is 0 Å². The van der Waals surface area contributed by atoms with E-state index in [4.69, 9.17) is 5.11 Å². The molecule has 0 aliphatic carbocycles. The molecule has 1 aromatic heterocycles. The molecule has 0 bridgehead atoms. The molecule has 1 amide bonds. The Morgan fingerprint density at radius 2 is 2.18 bits per heavy atom. The minimum Gasteiger partial charge on any atom is -0.480 e. The first-order valence-electron chi connectivity index (χ1n) is 5.16. The molecule has 1 rings (SSSR count). The highest BCUT2D eigenvalue weighted by Crippen LogP contribution is 2.07. The first kappa shape index (κ1) is 13.0. The number of carboxylic acid groups (broad SMARTS) is 1. The molecule has 0 aliphatic rings. The number of aromatic amines is 1. The second-order valence-electron chi connectivity index (χ2n) is 3.62. The SMILES string of the molecule is CCC(C(=O)O)N(C)C(=O)c1cc[nH]c(=O)c1. The van der Waals surface area contributed by atoms with Gasteiger partial charge in [-0.2, -0.15) is 0 Å². The molecule has 1 heterocycles. The molecule has 0 spiro atoms. The predicted molar refractivity (Wildman–Crippen MR) is 60.9 cm³/mol. The van der Waals surface area contributed by atoms with Crippen molar-refractivity contribution in [2.75, 3.05) is 7.05 Å². The van der Waals surface area contributed by atoms with E-state index in [1.165, 1.54) is 19.3 Å². The van der Waals surface area contributed by atoms with Gasteiger partial charge in [-0.3, -0.25) is 9.59 Å². The predicted octanol–water partition coefficient (Wildman–Crippen LogP) is 0.310. The molecule has 0 aliphatic heterocycles. The minimum absolute atomic E-state index is 0.177. The summed E-state index contributed by atoms with van der Waals surface area (Å²) in [4.78, 5) is 37.4. The summed E-state index contributed by atoms with van der Waals surface area (Å²) in [5, 5.41) is 8.93. The highest BCUT2D eigenvalue weighted by molar-refractivity contribution is 5.96. The Morgan fingerprint density at radius 3 is 2.65 bits per heavy atom. The van der Waals surface area contributed by atoms with E-state index in [9.17, 15) is 14.4 Å². The van der Waals surface area contributed by atoms with Gasteiger partial charge in [-0.25, -0.2) is 4.79 Å². The van der Waals surface area contributed by atoms with Gasteiger partial charge >= 0.3 is 5.97 Å². The third-order valence-electron chi connectivity index (χ3n) is 2.48. The fourth-order valence-electron chi connectivity index (χ4n) is 1.54. The van der Waals surface area contributed by atoms with Gasteiger partial charge in [0, 0.05) is 24.9 Å². The van der Waals surface area contributed by atoms with E-state index in [1.54, 1.807) is 6.92 Å². The van der Waals surface area contributed by atoms with Gasteiger partial charge in [-0.15, -0.1) is 0 Å². The van der Waals surface area contributed by atoms with Gasteiger partial charge in [0.1, 0.15) is 6.04 Å². The number of nitrogens with zero attached hydrogens (tertiary/aromatic N) is 1. The number of rotatable bonds is 4. The maximum Gasteiger partial charge on any atom is 0.326 e. The zero-order valence-electron chi connectivity index (χ0n) is 9.64. The van der Waals surface area contributed by atoms with Gasteiger partial charge in [0.25, 0.3) is 5.91 Å². The fraction of sp³-hybridized carbons (Fsp3) is 0.364. The maximum atomic E-state index is 11.9. The molecule has 6 heteroatoms. The second kappa shape index (κ2) is 5.29. The molecule has 0 aromatic carbocycles. The highest BCUT2D eigenvalue weighted by Gasteiger charge is 2.25. The van der Waals surface area contributed by atoms with Crippen LogP contribution in [0.4, 0.5) is 0 Å². The number of carbonyl (C=O) groups excluding carboxylic acids is 1. The number of carboxylic acids is 1. The van der Waals surface area contributed by atoms with Crippen LogP contribution in [0.5, 0.6) is 0 Å². The summed E-state index contributed by atoms with van der Waals surface area (Å²) in [5.74, 6) is -1.54. The standard InChI is InChI=1S/C11H14N2O4/c1-3-8(11(16)17)13(2)10(15)7-4-5-12-9(14)6-7/h4-6,8H,3H2,1-2H3,(H,12,14)(H,16,17). The molecule has 0 radical (unpaired) electrons. The van der Waals surface area contributed by atoms with Crippen LogP contribution in [0.1, 0.15) is 23.7 Å². The second-order valence-corrected chi connectivity index (χ2v) is 3.62. The molecule has 2 N–H and O–H groups in total. The normalized spacial score (nSPS) is 11.9. The smallest absolute Gasteiger partial charge is 0.326 e. The number of likely N-dealkylation sites (N-methyl/N-ethyl adjacent to an activating group) is 1. The Hall–Kier alpha value is -2.11. The van der Waals surface area contributed by atoms with Crippen molar-refractivity contribution >= 4 is 11.9 Å². The van der Waals surface area contributed by atoms with E-state index in [2.05, 4.69) is 4.98 Å². The van der Waals surface area contributed by atoms with Crippen molar-refractivity contribution in [1.29, 1.82) is 0 Å². The summed E-state index contributed by atoms with van der Waals surface area (Å²) in [6.45, 7) is 1.68. The average Bonchev–Trinajstić information content (AvgIpc) is 2.28. The number of amides is 1. The molecule has 1 aromatic rings. The van der Waals surface area contributed by atoms with Crippen molar-refractivity contribution in [3.8, 4) is 0 Å². The van der Waals surface area contributed by atoms with Crippen molar-refractivity contribution in [3.63, 3.8) is 0 Å². The van der Waals surface area contributed by atoms with Gasteiger partial charge in [0.05, 0.1) is 0 Å². The number of hydrogen-bond donors (Lipinski definition) is 2. The highest BCUT2D eigenvalue weighted by atomic mass is 16.4. The third kappa shape index (κ3) is 2.93. The summed E-state index contributed by atoms with van der Waals surface area (Å²) >= 11 is 0. The molecule has 17 heavy (non-hydrogen) atoms. The monoisotopic (exact) mass is 238 g/mol. The van der Waals surface area contributed by atoms with E-state index in [0.717, 1.165) is 11.0 Å². The molecule has 1 atom stereocenters. The largest absolute Gasteiger partial charge is 0.480 e. The third-order valence-corrected chi connectivity index (χ3v) is 2.48. The Bertz CT molecular complexity index is 480. The Balaban J connectivity index is 2.97. The Kier molecular flexibility index (Phi) is 4.03. The quantitative estimate of drug-likeness (QED) is 0.789. The van der Waals surface area contributed by atoms with E-state index in [0.29, 0.717) is 6.42 Å². The van der Waals surface area contributed by atoms with E-state index < -0.39 is 23.5 Å². The number of nitrogens with one attached hydrogen (secondary N) is 1. The van der Waals surface area contributed by atoms with E-state index in [-0.39, 0.29) is 5.56 Å². The van der Waals surface area contributed by atoms with Crippen LogP contribution in [0.15, 0.2) is 23.1 Å². The molecular formula is C11H14N2O4. The van der Waals surface area contributed by atoms with E-state index in [1.807, 2.05) is 0 Å². The molecule has 0 saturated carbocycles. The van der Waals surface area contributed by atoms with Crippen molar-refractivity contribution in [2.45, 2.75) is 19.4 Å². The van der Waals surface area contributed by atoms with Gasteiger partial charge in [0.2, 0.25) is 5.56 Å². The molecule has 92 valence electrons. The Labute approximate surface area is 97.9 Å². The number of aliphatic carboxylic acids is 1. The van der Waals surface area contributed by atoms with Crippen LogP contribution in [-0.4, -0.2) is 40.0 Å². The lowest BCUT2D eigenvalue weighted by molar-refractivity contribution is -0.142. The lowest BCUT2D eigenvalue weighted by atomic mass is 10.1. The summed E-state index contributed by atoms with van der Waals surface area (Å²) in [6.07, 6.45) is 1.66. The number of hydrogen-bond acceptors (Lipinski definition) is 3. The van der Waals surface area contributed by atoms with Crippen molar-refractivity contribution in [1.82, 2.24) is 9.88 Å². The van der Waals surface area contributed by atoms with Crippen LogP contribution in [-0.2, 0) is 4.79 Å². The minimum atomic E-state index is -1.06. The molecular weight excluding hydrogens is 224 g/mol. The van der Waals surface area contributed by atoms with Crippen LogP contribution in [0.25, 0.3) is 0 Å². The van der Waals surface area contributed by atoms with Crippen molar-refractivity contribution in [2.24, 2.45) is 0 Å². The van der Waals surface area contributed by atoms with Gasteiger partial charge in [-0.1, -0.05) is 6.92 Å². The number of carbonyl (C=O) groups is 2. The Morgan fingerprint density at radius 1 is 1.53 bits per heavy atom. The van der Waals surface area contributed by atoms with Crippen LogP contribution in [0.2, 0.25) is 0 Å². The molecule has 6 nitrogen and oxygen atoms in total. The number of H-pyrrole nitrogens is 1. The summed E-state index contributed by atoms with van der Waals surface area (Å²) in [7, 11) is 1.41. The molecule has 0 saturated heterocycles. The lowest BCUT2D eigenvalue weighted by Crippen LogP contribution is -2.42. The van der Waals surface area contributed by atoms with Crippen LogP contribution in [0.3, 0.4) is 0 Å².